The highest BCUT2D eigenvalue weighted by Gasteiger charge is 2.13. The smallest absolute Gasteiger partial charge is 0.133 e. The molecule has 2 aromatic rings. The summed E-state index contributed by atoms with van der Waals surface area (Å²) < 4.78 is 0.982. The number of anilines is 1. The van der Waals surface area contributed by atoms with Crippen molar-refractivity contribution in [1.29, 1.82) is 0 Å². The zero-order valence-electron chi connectivity index (χ0n) is 12.5. The van der Waals surface area contributed by atoms with Crippen LogP contribution in [0.2, 0.25) is 0 Å². The van der Waals surface area contributed by atoms with Crippen molar-refractivity contribution in [2.75, 3.05) is 11.9 Å². The summed E-state index contributed by atoms with van der Waals surface area (Å²) in [6.07, 6.45) is 3.71. The number of nitrogens with zero attached hydrogens (tertiary/aromatic N) is 3. The number of nitrogens with one attached hydrogen (secondary N) is 1. The summed E-state index contributed by atoms with van der Waals surface area (Å²) in [4.78, 5) is 13.7. The van der Waals surface area contributed by atoms with Gasteiger partial charge in [-0.1, -0.05) is 6.92 Å². The minimum Gasteiger partial charge on any atom is -0.370 e. The Bertz CT molecular complexity index is 619. The van der Waals surface area contributed by atoms with Crippen LogP contribution in [0.25, 0.3) is 0 Å². The minimum absolute atomic E-state index is 0.848. The van der Waals surface area contributed by atoms with Crippen molar-refractivity contribution in [3.05, 3.63) is 34.2 Å². The zero-order valence-corrected chi connectivity index (χ0v) is 14.9. The van der Waals surface area contributed by atoms with E-state index in [4.69, 9.17) is 4.98 Å². The molecule has 0 amide bonds. The van der Waals surface area contributed by atoms with Crippen LogP contribution < -0.4 is 5.32 Å². The van der Waals surface area contributed by atoms with Crippen LogP contribution >= 0.6 is 27.7 Å². The van der Waals surface area contributed by atoms with E-state index in [1.54, 1.807) is 18.0 Å². The highest BCUT2D eigenvalue weighted by molar-refractivity contribution is 9.10. The van der Waals surface area contributed by atoms with Gasteiger partial charge >= 0.3 is 0 Å². The SMILES string of the molecule is CCCc1nc(NCC)c(C)c(Sc2ncccc2Br)n1. The van der Waals surface area contributed by atoms with Crippen LogP contribution in [0.15, 0.2) is 32.9 Å². The predicted octanol–water partition coefficient (Wildman–Crippen LogP) is 4.48. The molecular formula is C15H19BrN4S. The van der Waals surface area contributed by atoms with E-state index in [-0.39, 0.29) is 0 Å². The number of hydrogen-bond donors (Lipinski definition) is 1. The van der Waals surface area contributed by atoms with Crippen LogP contribution in [0.4, 0.5) is 5.82 Å². The maximum absolute atomic E-state index is 4.69. The van der Waals surface area contributed by atoms with Crippen LogP contribution in [-0.4, -0.2) is 21.5 Å². The van der Waals surface area contributed by atoms with Gasteiger partial charge in [0.05, 0.1) is 4.47 Å². The molecular weight excluding hydrogens is 348 g/mol. The molecule has 2 aromatic heterocycles. The molecule has 0 saturated heterocycles. The van der Waals surface area contributed by atoms with Gasteiger partial charge < -0.3 is 5.32 Å². The molecule has 0 aliphatic heterocycles. The summed E-state index contributed by atoms with van der Waals surface area (Å²) in [6, 6.07) is 3.90. The standard InChI is InChI=1S/C15H19BrN4S/c1-4-7-12-19-13(17-5-2)10(3)14(20-12)21-15-11(16)8-6-9-18-15/h6,8-9H,4-5,7H2,1-3H3,(H,17,19,20). The van der Waals surface area contributed by atoms with Crippen molar-refractivity contribution in [1.82, 2.24) is 15.0 Å². The van der Waals surface area contributed by atoms with Gasteiger partial charge in [0, 0.05) is 24.7 Å². The second-order valence-corrected chi connectivity index (χ2v) is 6.42. The van der Waals surface area contributed by atoms with Crippen molar-refractivity contribution in [3.63, 3.8) is 0 Å². The van der Waals surface area contributed by atoms with E-state index in [9.17, 15) is 0 Å². The number of rotatable bonds is 6. The lowest BCUT2D eigenvalue weighted by Gasteiger charge is -2.12. The summed E-state index contributed by atoms with van der Waals surface area (Å²) in [5.41, 5.74) is 1.07. The van der Waals surface area contributed by atoms with E-state index in [0.717, 1.165) is 51.1 Å². The molecule has 2 heterocycles. The fourth-order valence-corrected chi connectivity index (χ4v) is 3.21. The van der Waals surface area contributed by atoms with Crippen LogP contribution in [-0.2, 0) is 6.42 Å². The summed E-state index contributed by atoms with van der Waals surface area (Å²) in [6.45, 7) is 7.11. The van der Waals surface area contributed by atoms with Crippen LogP contribution in [0.1, 0.15) is 31.7 Å². The number of pyridine rings is 1. The van der Waals surface area contributed by atoms with Crippen molar-refractivity contribution in [3.8, 4) is 0 Å². The fourth-order valence-electron chi connectivity index (χ4n) is 1.85. The van der Waals surface area contributed by atoms with Gasteiger partial charge in [-0.2, -0.15) is 0 Å². The molecule has 4 nitrogen and oxygen atoms in total. The average Bonchev–Trinajstić information content (AvgIpc) is 2.46. The number of aryl methyl sites for hydroxylation is 1. The first-order chi connectivity index (χ1) is 10.2. The minimum atomic E-state index is 0.848. The molecule has 0 spiro atoms. The summed E-state index contributed by atoms with van der Waals surface area (Å²) in [7, 11) is 0. The highest BCUT2D eigenvalue weighted by Crippen LogP contribution is 2.34. The van der Waals surface area contributed by atoms with Crippen molar-refractivity contribution >= 4 is 33.5 Å². The predicted molar refractivity (Wildman–Crippen MR) is 91.0 cm³/mol. The van der Waals surface area contributed by atoms with Gasteiger partial charge in [-0.25, -0.2) is 15.0 Å². The Labute approximate surface area is 138 Å². The molecule has 0 saturated carbocycles. The first-order valence-electron chi connectivity index (χ1n) is 7.05. The van der Waals surface area contributed by atoms with Gasteiger partial charge in [-0.05, 0) is 60.1 Å². The number of hydrogen-bond acceptors (Lipinski definition) is 5. The summed E-state index contributed by atoms with van der Waals surface area (Å²) in [5.74, 6) is 1.80. The first kappa shape index (κ1) is 16.2. The molecule has 0 aliphatic rings. The number of aromatic nitrogens is 3. The Balaban J connectivity index is 2.39. The van der Waals surface area contributed by atoms with Gasteiger partial charge in [-0.15, -0.1) is 0 Å². The van der Waals surface area contributed by atoms with Crippen molar-refractivity contribution < 1.29 is 0 Å². The van der Waals surface area contributed by atoms with E-state index in [1.807, 2.05) is 19.1 Å². The molecule has 0 aromatic carbocycles. The second kappa shape index (κ2) is 7.75. The lowest BCUT2D eigenvalue weighted by molar-refractivity contribution is 0.801. The van der Waals surface area contributed by atoms with E-state index in [1.165, 1.54) is 0 Å². The Hall–Kier alpha value is -1.14. The molecule has 0 aliphatic carbocycles. The maximum Gasteiger partial charge on any atom is 0.133 e. The van der Waals surface area contributed by atoms with E-state index < -0.39 is 0 Å². The Morgan fingerprint density at radius 2 is 2.05 bits per heavy atom. The Morgan fingerprint density at radius 1 is 1.24 bits per heavy atom. The molecule has 112 valence electrons. The molecule has 0 fully saturated rings. The van der Waals surface area contributed by atoms with Gasteiger partial charge in [0.2, 0.25) is 0 Å². The molecule has 6 heteroatoms. The molecule has 0 bridgehead atoms. The molecule has 2 rings (SSSR count). The second-order valence-electron chi connectivity index (χ2n) is 4.59. The maximum atomic E-state index is 4.69. The molecule has 21 heavy (non-hydrogen) atoms. The first-order valence-corrected chi connectivity index (χ1v) is 8.66. The van der Waals surface area contributed by atoms with Gasteiger partial charge in [0.15, 0.2) is 0 Å². The summed E-state index contributed by atoms with van der Waals surface area (Å²) >= 11 is 5.11. The molecule has 1 N–H and O–H groups in total. The van der Waals surface area contributed by atoms with Gasteiger partial charge in [0.1, 0.15) is 21.7 Å². The third kappa shape index (κ3) is 4.17. The Kier molecular flexibility index (Phi) is 5.99. The summed E-state index contributed by atoms with van der Waals surface area (Å²) in [5, 5.41) is 5.20. The zero-order chi connectivity index (χ0) is 15.2. The van der Waals surface area contributed by atoms with Gasteiger partial charge in [-0.3, -0.25) is 0 Å². The van der Waals surface area contributed by atoms with E-state index in [0.29, 0.717) is 0 Å². The lowest BCUT2D eigenvalue weighted by atomic mass is 10.3. The lowest BCUT2D eigenvalue weighted by Crippen LogP contribution is -2.07. The topological polar surface area (TPSA) is 50.7 Å². The van der Waals surface area contributed by atoms with Gasteiger partial charge in [0.25, 0.3) is 0 Å². The third-order valence-electron chi connectivity index (χ3n) is 2.88. The normalized spacial score (nSPS) is 10.7. The molecule has 0 unspecified atom stereocenters. The number of halogens is 1. The average molecular weight is 367 g/mol. The van der Waals surface area contributed by atoms with E-state index >= 15 is 0 Å². The molecule has 0 radical (unpaired) electrons. The highest BCUT2D eigenvalue weighted by atomic mass is 79.9. The quantitative estimate of drug-likeness (QED) is 0.763. The largest absolute Gasteiger partial charge is 0.370 e. The third-order valence-corrected chi connectivity index (χ3v) is 4.90. The fraction of sp³-hybridized carbons (Fsp3) is 0.400. The van der Waals surface area contributed by atoms with Crippen LogP contribution in [0.3, 0.4) is 0 Å². The van der Waals surface area contributed by atoms with Crippen LogP contribution in [0.5, 0.6) is 0 Å². The Morgan fingerprint density at radius 3 is 2.71 bits per heavy atom. The molecule has 0 atom stereocenters. The van der Waals surface area contributed by atoms with Crippen LogP contribution in [0, 0.1) is 6.92 Å². The van der Waals surface area contributed by atoms with Crippen molar-refractivity contribution in [2.45, 2.75) is 43.7 Å². The van der Waals surface area contributed by atoms with Crippen molar-refractivity contribution in [2.24, 2.45) is 0 Å². The monoisotopic (exact) mass is 366 g/mol. The van der Waals surface area contributed by atoms with E-state index in [2.05, 4.69) is 45.1 Å².